The second-order valence-corrected chi connectivity index (χ2v) is 4.13. The van der Waals surface area contributed by atoms with Crippen LogP contribution in [0.3, 0.4) is 0 Å². The second kappa shape index (κ2) is 5.19. The molecular formula is C14H22. The Morgan fingerprint density at radius 3 is 1.43 bits per heavy atom. The van der Waals surface area contributed by atoms with Crippen LogP contribution >= 0.6 is 0 Å². The van der Waals surface area contributed by atoms with Crippen molar-refractivity contribution in [3.05, 3.63) is 34.4 Å². The summed E-state index contributed by atoms with van der Waals surface area (Å²) >= 11 is 0. The van der Waals surface area contributed by atoms with Crippen molar-refractivity contribution in [3.63, 3.8) is 0 Å². The molecule has 0 atom stereocenters. The van der Waals surface area contributed by atoms with Crippen molar-refractivity contribution >= 4 is 0 Å². The Labute approximate surface area is 88.4 Å². The van der Waals surface area contributed by atoms with Gasteiger partial charge < -0.3 is 0 Å². The summed E-state index contributed by atoms with van der Waals surface area (Å²) in [5, 5.41) is 0. The lowest BCUT2D eigenvalue weighted by Crippen LogP contribution is -1.97. The summed E-state index contributed by atoms with van der Waals surface area (Å²) in [6, 6.07) is 4.63. The second-order valence-electron chi connectivity index (χ2n) is 4.13. The van der Waals surface area contributed by atoms with E-state index in [4.69, 9.17) is 0 Å². The standard InChI is InChI=1S/C14H22/c1-5-7-13-9-10-14(8-6-2)12(4)11(13)3/h9-10H,5-8H2,1-4H3. The molecule has 0 saturated heterocycles. The van der Waals surface area contributed by atoms with Crippen LogP contribution in [0.1, 0.15) is 48.9 Å². The maximum Gasteiger partial charge on any atom is -0.0279 e. The molecule has 0 aliphatic rings. The first-order valence-corrected chi connectivity index (χ1v) is 5.78. The van der Waals surface area contributed by atoms with Gasteiger partial charge in [-0.3, -0.25) is 0 Å². The molecule has 0 saturated carbocycles. The predicted molar refractivity (Wildman–Crippen MR) is 63.9 cm³/mol. The van der Waals surface area contributed by atoms with E-state index in [0.29, 0.717) is 0 Å². The molecule has 0 amide bonds. The quantitative estimate of drug-likeness (QED) is 0.667. The molecule has 0 unspecified atom stereocenters. The van der Waals surface area contributed by atoms with Gasteiger partial charge in [0.1, 0.15) is 0 Å². The Balaban J connectivity index is 2.99. The van der Waals surface area contributed by atoms with E-state index in [1.165, 1.54) is 47.9 Å². The molecular weight excluding hydrogens is 168 g/mol. The molecule has 0 radical (unpaired) electrons. The average molecular weight is 190 g/mol. The van der Waals surface area contributed by atoms with Crippen molar-refractivity contribution in [2.45, 2.75) is 53.4 Å². The molecule has 0 aromatic heterocycles. The zero-order valence-corrected chi connectivity index (χ0v) is 9.98. The largest absolute Gasteiger partial charge is 0.0651 e. The molecule has 1 rings (SSSR count). The Hall–Kier alpha value is -0.780. The van der Waals surface area contributed by atoms with Crippen molar-refractivity contribution in [3.8, 4) is 0 Å². The van der Waals surface area contributed by atoms with Gasteiger partial charge in [-0.2, -0.15) is 0 Å². The van der Waals surface area contributed by atoms with Crippen molar-refractivity contribution in [1.29, 1.82) is 0 Å². The van der Waals surface area contributed by atoms with E-state index in [-0.39, 0.29) is 0 Å². The van der Waals surface area contributed by atoms with Gasteiger partial charge in [-0.25, -0.2) is 0 Å². The summed E-state index contributed by atoms with van der Waals surface area (Å²) in [7, 11) is 0. The minimum Gasteiger partial charge on any atom is -0.0651 e. The molecule has 0 heteroatoms. The van der Waals surface area contributed by atoms with Gasteiger partial charge in [0.05, 0.1) is 0 Å². The van der Waals surface area contributed by atoms with E-state index in [0.717, 1.165) is 0 Å². The lowest BCUT2D eigenvalue weighted by atomic mass is 9.94. The Bertz CT molecular complexity index is 266. The zero-order valence-electron chi connectivity index (χ0n) is 9.98. The van der Waals surface area contributed by atoms with E-state index in [1.54, 1.807) is 0 Å². The van der Waals surface area contributed by atoms with Crippen LogP contribution < -0.4 is 0 Å². The molecule has 1 aromatic carbocycles. The van der Waals surface area contributed by atoms with Gasteiger partial charge in [-0.15, -0.1) is 0 Å². The highest BCUT2D eigenvalue weighted by Gasteiger charge is 2.04. The van der Waals surface area contributed by atoms with Gasteiger partial charge in [0.15, 0.2) is 0 Å². The molecule has 0 heterocycles. The predicted octanol–water partition coefficient (Wildman–Crippen LogP) is 4.21. The summed E-state index contributed by atoms with van der Waals surface area (Å²) in [4.78, 5) is 0. The summed E-state index contributed by atoms with van der Waals surface area (Å²) in [5.74, 6) is 0. The van der Waals surface area contributed by atoms with E-state index in [9.17, 15) is 0 Å². The molecule has 0 N–H and O–H groups in total. The fourth-order valence-electron chi connectivity index (χ4n) is 2.01. The van der Waals surface area contributed by atoms with Crippen molar-refractivity contribution in [1.82, 2.24) is 0 Å². The molecule has 0 aliphatic carbocycles. The lowest BCUT2D eigenvalue weighted by molar-refractivity contribution is 0.885. The molecule has 0 bridgehead atoms. The van der Waals surface area contributed by atoms with Crippen LogP contribution in [0, 0.1) is 13.8 Å². The Morgan fingerprint density at radius 1 is 0.786 bits per heavy atom. The molecule has 0 spiro atoms. The number of aryl methyl sites for hydroxylation is 2. The van der Waals surface area contributed by atoms with E-state index in [1.807, 2.05) is 0 Å². The van der Waals surface area contributed by atoms with E-state index < -0.39 is 0 Å². The minimum absolute atomic E-state index is 1.22. The SMILES string of the molecule is CCCc1ccc(CCC)c(C)c1C. The van der Waals surface area contributed by atoms with Gasteiger partial charge in [0.2, 0.25) is 0 Å². The highest BCUT2D eigenvalue weighted by atomic mass is 14.1. The van der Waals surface area contributed by atoms with E-state index in [2.05, 4.69) is 39.8 Å². The third-order valence-corrected chi connectivity index (χ3v) is 3.05. The molecule has 14 heavy (non-hydrogen) atoms. The van der Waals surface area contributed by atoms with Crippen LogP contribution in [0.2, 0.25) is 0 Å². The van der Waals surface area contributed by atoms with Crippen molar-refractivity contribution < 1.29 is 0 Å². The monoisotopic (exact) mass is 190 g/mol. The van der Waals surface area contributed by atoms with Gasteiger partial charge >= 0.3 is 0 Å². The van der Waals surface area contributed by atoms with E-state index >= 15 is 0 Å². The Morgan fingerprint density at radius 2 is 1.14 bits per heavy atom. The molecule has 0 nitrogen and oxygen atoms in total. The summed E-state index contributed by atoms with van der Waals surface area (Å²) < 4.78 is 0. The van der Waals surface area contributed by atoms with Crippen LogP contribution in [-0.4, -0.2) is 0 Å². The van der Waals surface area contributed by atoms with Crippen LogP contribution in [-0.2, 0) is 12.8 Å². The zero-order chi connectivity index (χ0) is 10.6. The average Bonchev–Trinajstić information content (AvgIpc) is 2.18. The van der Waals surface area contributed by atoms with Crippen LogP contribution in [0.25, 0.3) is 0 Å². The van der Waals surface area contributed by atoms with Crippen LogP contribution in [0.15, 0.2) is 12.1 Å². The first-order valence-electron chi connectivity index (χ1n) is 5.78. The lowest BCUT2D eigenvalue weighted by Gasteiger charge is -2.12. The fourth-order valence-corrected chi connectivity index (χ4v) is 2.01. The first kappa shape index (κ1) is 11.3. The minimum atomic E-state index is 1.22. The third-order valence-electron chi connectivity index (χ3n) is 3.05. The first-order chi connectivity index (χ1) is 6.70. The van der Waals surface area contributed by atoms with Crippen molar-refractivity contribution in [2.24, 2.45) is 0 Å². The third kappa shape index (κ3) is 2.37. The maximum atomic E-state index is 2.32. The number of hydrogen-bond acceptors (Lipinski definition) is 0. The topological polar surface area (TPSA) is 0 Å². The highest BCUT2D eigenvalue weighted by Crippen LogP contribution is 2.20. The normalized spacial score (nSPS) is 10.6. The van der Waals surface area contributed by atoms with Gasteiger partial charge in [0.25, 0.3) is 0 Å². The molecule has 1 aromatic rings. The summed E-state index contributed by atoms with van der Waals surface area (Å²) in [5.41, 5.74) is 6.09. The summed E-state index contributed by atoms with van der Waals surface area (Å²) in [6.45, 7) is 9.02. The van der Waals surface area contributed by atoms with Gasteiger partial charge in [0, 0.05) is 0 Å². The summed E-state index contributed by atoms with van der Waals surface area (Å²) in [6.07, 6.45) is 4.93. The molecule has 0 aliphatic heterocycles. The fraction of sp³-hybridized carbons (Fsp3) is 0.571. The molecule has 78 valence electrons. The maximum absolute atomic E-state index is 2.32. The van der Waals surface area contributed by atoms with Crippen LogP contribution in [0.4, 0.5) is 0 Å². The number of rotatable bonds is 4. The van der Waals surface area contributed by atoms with Gasteiger partial charge in [-0.1, -0.05) is 38.8 Å². The molecule has 0 fully saturated rings. The number of hydrogen-bond donors (Lipinski definition) is 0. The highest BCUT2D eigenvalue weighted by molar-refractivity contribution is 5.39. The number of benzene rings is 1. The van der Waals surface area contributed by atoms with Crippen LogP contribution in [0.5, 0.6) is 0 Å². The van der Waals surface area contributed by atoms with Crippen molar-refractivity contribution in [2.75, 3.05) is 0 Å². The smallest absolute Gasteiger partial charge is 0.0279 e. The Kier molecular flexibility index (Phi) is 4.19. The van der Waals surface area contributed by atoms with Gasteiger partial charge in [-0.05, 0) is 48.9 Å².